The van der Waals surface area contributed by atoms with Crippen LogP contribution < -0.4 is 5.32 Å². The Kier molecular flexibility index (Phi) is 5.68. The van der Waals surface area contributed by atoms with Gasteiger partial charge in [-0.05, 0) is 47.6 Å². The Morgan fingerprint density at radius 1 is 1.07 bits per heavy atom. The highest BCUT2D eigenvalue weighted by Crippen LogP contribution is 2.18. The lowest BCUT2D eigenvalue weighted by Gasteiger charge is -2.29. The van der Waals surface area contributed by atoms with Gasteiger partial charge in [-0.25, -0.2) is 0 Å². The molecule has 0 aromatic heterocycles. The minimum Gasteiger partial charge on any atom is -0.376 e. The lowest BCUT2D eigenvalue weighted by molar-refractivity contribution is -0.0308. The van der Waals surface area contributed by atoms with Crippen molar-refractivity contribution in [3.63, 3.8) is 0 Å². The normalized spacial score (nSPS) is 13.3. The molecule has 0 bridgehead atoms. The largest absolute Gasteiger partial charge is 0.376 e. The number of nitrogens with one attached hydrogen (secondary N) is 1. The summed E-state index contributed by atoms with van der Waals surface area (Å²) in [5.41, 5.74) is 0.223. The Labute approximate surface area is 89.4 Å². The minimum absolute atomic E-state index is 0.0402. The molecular weight excluding hydrogens is 174 g/mol. The maximum absolute atomic E-state index is 5.87. The number of hydrogen-bond acceptors (Lipinski definition) is 2. The Balaban J connectivity index is 3.73. The summed E-state index contributed by atoms with van der Waals surface area (Å²) >= 11 is 0. The quantitative estimate of drug-likeness (QED) is 0.684. The lowest BCUT2D eigenvalue weighted by Crippen LogP contribution is -2.38. The second kappa shape index (κ2) is 5.72. The molecule has 0 fully saturated rings. The molecule has 0 saturated heterocycles. The van der Waals surface area contributed by atoms with E-state index in [0.717, 1.165) is 19.4 Å². The third kappa shape index (κ3) is 6.39. The van der Waals surface area contributed by atoms with Crippen LogP contribution in [-0.4, -0.2) is 24.8 Å². The van der Waals surface area contributed by atoms with Gasteiger partial charge in [-0.2, -0.15) is 0 Å². The smallest absolute Gasteiger partial charge is 0.0626 e. The molecule has 86 valence electrons. The first kappa shape index (κ1) is 13.9. The molecule has 2 nitrogen and oxygen atoms in total. The Morgan fingerprint density at radius 2 is 1.64 bits per heavy atom. The monoisotopic (exact) mass is 201 g/mol. The maximum atomic E-state index is 5.87. The van der Waals surface area contributed by atoms with Crippen molar-refractivity contribution >= 4 is 0 Å². The Hall–Kier alpha value is -0.0800. The number of ether oxygens (including phenoxy) is 1. The van der Waals surface area contributed by atoms with Gasteiger partial charge in [0.1, 0.15) is 0 Å². The van der Waals surface area contributed by atoms with Gasteiger partial charge in [0, 0.05) is 12.1 Å². The minimum atomic E-state index is 0.0402. The Bertz CT molecular complexity index is 152. The van der Waals surface area contributed by atoms with E-state index in [1.165, 1.54) is 6.42 Å². The molecule has 0 aromatic carbocycles. The second-order valence-corrected chi connectivity index (χ2v) is 5.24. The second-order valence-electron chi connectivity index (χ2n) is 5.24. The average molecular weight is 201 g/mol. The molecule has 0 aliphatic rings. The fourth-order valence-corrected chi connectivity index (χ4v) is 1.38. The van der Waals surface area contributed by atoms with Crippen LogP contribution in [0.15, 0.2) is 0 Å². The van der Waals surface area contributed by atoms with Crippen molar-refractivity contribution in [2.24, 2.45) is 0 Å². The van der Waals surface area contributed by atoms with Gasteiger partial charge < -0.3 is 10.1 Å². The van der Waals surface area contributed by atoms with Crippen LogP contribution in [0.5, 0.6) is 0 Å². The fraction of sp³-hybridized carbons (Fsp3) is 1.00. The molecule has 0 aliphatic heterocycles. The van der Waals surface area contributed by atoms with Crippen molar-refractivity contribution in [2.75, 3.05) is 13.7 Å². The van der Waals surface area contributed by atoms with Gasteiger partial charge in [-0.3, -0.25) is 0 Å². The maximum Gasteiger partial charge on any atom is 0.0626 e. The summed E-state index contributed by atoms with van der Waals surface area (Å²) in [5.74, 6) is 0. The molecule has 0 radical (unpaired) electrons. The third-order valence-electron chi connectivity index (χ3n) is 2.75. The van der Waals surface area contributed by atoms with Crippen LogP contribution in [0.2, 0.25) is 0 Å². The fourth-order valence-electron chi connectivity index (χ4n) is 1.38. The summed E-state index contributed by atoms with van der Waals surface area (Å²) in [6.45, 7) is 11.8. The van der Waals surface area contributed by atoms with Crippen molar-refractivity contribution in [2.45, 2.75) is 65.0 Å². The topological polar surface area (TPSA) is 21.3 Å². The molecule has 0 unspecified atom stereocenters. The zero-order valence-electron chi connectivity index (χ0n) is 10.7. The molecule has 0 spiro atoms. The zero-order valence-corrected chi connectivity index (χ0v) is 10.7. The molecule has 0 aromatic rings. The molecule has 14 heavy (non-hydrogen) atoms. The highest BCUT2D eigenvalue weighted by Gasteiger charge is 2.19. The number of hydrogen-bond donors (Lipinski definition) is 1. The summed E-state index contributed by atoms with van der Waals surface area (Å²) < 4.78 is 5.87. The van der Waals surface area contributed by atoms with Gasteiger partial charge in [-0.15, -0.1) is 0 Å². The third-order valence-corrected chi connectivity index (χ3v) is 2.75. The molecule has 0 heterocycles. The predicted molar refractivity (Wildman–Crippen MR) is 62.7 cm³/mol. The van der Waals surface area contributed by atoms with E-state index in [0.29, 0.717) is 0 Å². The first-order valence-corrected chi connectivity index (χ1v) is 5.66. The van der Waals surface area contributed by atoms with Crippen molar-refractivity contribution in [3.8, 4) is 0 Å². The van der Waals surface area contributed by atoms with Crippen LogP contribution in [0.1, 0.15) is 53.9 Å². The Morgan fingerprint density at radius 3 is 2.07 bits per heavy atom. The van der Waals surface area contributed by atoms with E-state index >= 15 is 0 Å². The summed E-state index contributed by atoms with van der Waals surface area (Å²) in [4.78, 5) is 0. The van der Waals surface area contributed by atoms with Crippen molar-refractivity contribution in [1.29, 1.82) is 0 Å². The van der Waals surface area contributed by atoms with Gasteiger partial charge in [0.15, 0.2) is 0 Å². The molecule has 0 aliphatic carbocycles. The van der Waals surface area contributed by atoms with Crippen LogP contribution in [0, 0.1) is 0 Å². The van der Waals surface area contributed by atoms with Crippen LogP contribution in [0.25, 0.3) is 0 Å². The van der Waals surface area contributed by atoms with Crippen LogP contribution >= 0.6 is 0 Å². The summed E-state index contributed by atoms with van der Waals surface area (Å²) in [5, 5.41) is 3.28. The van der Waals surface area contributed by atoms with Crippen molar-refractivity contribution in [1.82, 2.24) is 5.32 Å². The standard InChI is InChI=1S/C12H27NO/c1-7-8-12(4,5)14-10-9-11(2,3)13-6/h13H,7-10H2,1-6H3. The molecule has 0 atom stereocenters. The van der Waals surface area contributed by atoms with E-state index in [2.05, 4.69) is 39.9 Å². The first-order chi connectivity index (χ1) is 6.33. The highest BCUT2D eigenvalue weighted by molar-refractivity contribution is 4.76. The SMILES string of the molecule is CCCC(C)(C)OCCC(C)(C)NC. The molecule has 1 N–H and O–H groups in total. The zero-order chi connectivity index (χ0) is 11.2. The van der Waals surface area contributed by atoms with E-state index < -0.39 is 0 Å². The summed E-state index contributed by atoms with van der Waals surface area (Å²) in [6, 6.07) is 0. The van der Waals surface area contributed by atoms with Crippen molar-refractivity contribution < 1.29 is 4.74 Å². The predicted octanol–water partition coefficient (Wildman–Crippen LogP) is 2.97. The van der Waals surface area contributed by atoms with E-state index in [1.807, 2.05) is 7.05 Å². The molecule has 0 rings (SSSR count). The van der Waals surface area contributed by atoms with Gasteiger partial charge in [0.25, 0.3) is 0 Å². The van der Waals surface area contributed by atoms with Gasteiger partial charge in [0.05, 0.1) is 5.60 Å². The van der Waals surface area contributed by atoms with E-state index in [9.17, 15) is 0 Å². The highest BCUT2D eigenvalue weighted by atomic mass is 16.5. The molecule has 2 heteroatoms. The van der Waals surface area contributed by atoms with Crippen LogP contribution in [-0.2, 0) is 4.74 Å². The summed E-state index contributed by atoms with van der Waals surface area (Å²) in [6.07, 6.45) is 3.37. The lowest BCUT2D eigenvalue weighted by atomic mass is 10.0. The average Bonchev–Trinajstić information content (AvgIpc) is 2.03. The van der Waals surface area contributed by atoms with Crippen LogP contribution in [0.4, 0.5) is 0 Å². The van der Waals surface area contributed by atoms with Crippen LogP contribution in [0.3, 0.4) is 0 Å². The molecule has 0 amide bonds. The molecular formula is C12H27NO. The van der Waals surface area contributed by atoms with Crippen molar-refractivity contribution in [3.05, 3.63) is 0 Å². The van der Waals surface area contributed by atoms with Gasteiger partial charge in [0.2, 0.25) is 0 Å². The number of rotatable bonds is 7. The first-order valence-electron chi connectivity index (χ1n) is 5.66. The van der Waals surface area contributed by atoms with E-state index in [4.69, 9.17) is 4.74 Å². The van der Waals surface area contributed by atoms with Gasteiger partial charge >= 0.3 is 0 Å². The van der Waals surface area contributed by atoms with Gasteiger partial charge in [-0.1, -0.05) is 13.3 Å². The van der Waals surface area contributed by atoms with E-state index in [-0.39, 0.29) is 11.1 Å². The molecule has 0 saturated carbocycles. The van der Waals surface area contributed by atoms with E-state index in [1.54, 1.807) is 0 Å². The summed E-state index contributed by atoms with van der Waals surface area (Å²) in [7, 11) is 2.00.